The fraction of sp³-hybridized carbons (Fsp3) is 0.214. The zero-order chi connectivity index (χ0) is 23.3. The van der Waals surface area contributed by atoms with Crippen molar-refractivity contribution in [3.63, 3.8) is 0 Å². The number of rotatable bonds is 6. The molecule has 0 atom stereocenters. The topological polar surface area (TPSA) is 49.9 Å². The number of hydrogen-bond donors (Lipinski definition) is 0. The molecule has 2 amide bonds. The average Bonchev–Trinajstić information content (AvgIpc) is 3.04. The summed E-state index contributed by atoms with van der Waals surface area (Å²) in [5.74, 6) is 0.862. The van der Waals surface area contributed by atoms with Gasteiger partial charge >= 0.3 is 0 Å². The first-order chi connectivity index (χ1) is 16.7. The van der Waals surface area contributed by atoms with Crippen molar-refractivity contribution in [2.24, 2.45) is 0 Å². The van der Waals surface area contributed by atoms with Crippen molar-refractivity contribution in [1.82, 2.24) is 4.90 Å². The molecule has 0 saturated carbocycles. The lowest BCUT2D eigenvalue weighted by atomic mass is 10.2. The smallest absolute Gasteiger partial charge is 0.283 e. The summed E-state index contributed by atoms with van der Waals surface area (Å²) in [4.78, 5) is 32.1. The molecule has 1 fully saturated rings. The van der Waals surface area contributed by atoms with Crippen LogP contribution in [0.25, 0.3) is 0 Å². The molecular formula is C28H26N2O3S. The quantitative estimate of drug-likeness (QED) is 0.400. The second-order valence-corrected chi connectivity index (χ2v) is 9.43. The Morgan fingerprint density at radius 3 is 1.88 bits per heavy atom. The number of carbonyl (C=O) groups is 2. The SMILES string of the molecule is O=C1C(Sc2ccccc2)=C(N2CCCCCC2)C(=O)N1c1ccc(Oc2ccccc2)cc1. The number of carbonyl (C=O) groups excluding carboxylic acids is 2. The number of likely N-dealkylation sites (tertiary alicyclic amines) is 1. The van der Waals surface area contributed by atoms with Crippen LogP contribution in [0.3, 0.4) is 0 Å². The van der Waals surface area contributed by atoms with Gasteiger partial charge in [-0.05, 0) is 61.4 Å². The average molecular weight is 471 g/mol. The normalized spacial score (nSPS) is 16.7. The molecule has 2 heterocycles. The molecule has 6 heteroatoms. The second kappa shape index (κ2) is 10.2. The predicted octanol–water partition coefficient (Wildman–Crippen LogP) is 6.23. The van der Waals surface area contributed by atoms with E-state index in [-0.39, 0.29) is 11.8 Å². The highest BCUT2D eigenvalue weighted by molar-refractivity contribution is 8.04. The maximum Gasteiger partial charge on any atom is 0.283 e. The van der Waals surface area contributed by atoms with Crippen molar-refractivity contribution in [2.45, 2.75) is 30.6 Å². The van der Waals surface area contributed by atoms with E-state index in [1.54, 1.807) is 24.3 Å². The van der Waals surface area contributed by atoms with Crippen LogP contribution in [0.4, 0.5) is 5.69 Å². The molecule has 3 aromatic carbocycles. The summed E-state index contributed by atoms with van der Waals surface area (Å²) in [5.41, 5.74) is 1.08. The monoisotopic (exact) mass is 470 g/mol. The van der Waals surface area contributed by atoms with Gasteiger partial charge in [-0.15, -0.1) is 0 Å². The van der Waals surface area contributed by atoms with Gasteiger partial charge in [0.25, 0.3) is 11.8 Å². The fourth-order valence-corrected chi connectivity index (χ4v) is 5.31. The molecular weight excluding hydrogens is 444 g/mol. The third kappa shape index (κ3) is 4.73. The molecule has 34 heavy (non-hydrogen) atoms. The second-order valence-electron chi connectivity index (χ2n) is 8.35. The summed E-state index contributed by atoms with van der Waals surface area (Å²) < 4.78 is 5.87. The minimum atomic E-state index is -0.269. The maximum absolute atomic E-state index is 13.7. The summed E-state index contributed by atoms with van der Waals surface area (Å²) in [6.45, 7) is 1.59. The van der Waals surface area contributed by atoms with E-state index in [0.717, 1.165) is 49.4 Å². The van der Waals surface area contributed by atoms with Gasteiger partial charge in [-0.25, -0.2) is 4.90 Å². The van der Waals surface area contributed by atoms with Gasteiger partial charge < -0.3 is 9.64 Å². The van der Waals surface area contributed by atoms with E-state index in [2.05, 4.69) is 4.90 Å². The largest absolute Gasteiger partial charge is 0.457 e. The Morgan fingerprint density at radius 1 is 0.647 bits per heavy atom. The molecule has 0 N–H and O–H groups in total. The third-order valence-electron chi connectivity index (χ3n) is 5.98. The molecule has 0 aromatic heterocycles. The van der Waals surface area contributed by atoms with E-state index in [0.29, 0.717) is 22.0 Å². The molecule has 5 rings (SSSR count). The van der Waals surface area contributed by atoms with Gasteiger partial charge in [-0.3, -0.25) is 9.59 Å². The van der Waals surface area contributed by atoms with Gasteiger partial charge in [0.2, 0.25) is 0 Å². The fourth-order valence-electron chi connectivity index (χ4n) is 4.29. The highest BCUT2D eigenvalue weighted by Crippen LogP contribution is 2.39. The van der Waals surface area contributed by atoms with Crippen LogP contribution < -0.4 is 9.64 Å². The third-order valence-corrected chi connectivity index (χ3v) is 7.06. The Morgan fingerprint density at radius 2 is 1.24 bits per heavy atom. The number of hydrogen-bond acceptors (Lipinski definition) is 5. The van der Waals surface area contributed by atoms with Crippen LogP contribution in [0, 0.1) is 0 Å². The standard InChI is InChI=1S/C28H26N2O3S/c31-27-25(29-19-9-1-2-10-20-29)26(34-24-13-7-4-8-14-24)28(32)30(27)21-15-17-23(18-16-21)33-22-11-5-3-6-12-22/h3-8,11-18H,1-2,9-10,19-20H2. The van der Waals surface area contributed by atoms with Crippen LogP contribution in [0.1, 0.15) is 25.7 Å². The first kappa shape index (κ1) is 22.3. The lowest BCUT2D eigenvalue weighted by Gasteiger charge is -2.24. The van der Waals surface area contributed by atoms with Gasteiger partial charge in [0.1, 0.15) is 22.1 Å². The molecule has 1 saturated heterocycles. The van der Waals surface area contributed by atoms with E-state index >= 15 is 0 Å². The van der Waals surface area contributed by atoms with Crippen molar-refractivity contribution in [3.05, 3.63) is 95.5 Å². The number of benzene rings is 3. The van der Waals surface area contributed by atoms with Gasteiger partial charge in [0.05, 0.1) is 5.69 Å². The zero-order valence-electron chi connectivity index (χ0n) is 18.9. The maximum atomic E-state index is 13.7. The molecule has 0 radical (unpaired) electrons. The minimum Gasteiger partial charge on any atom is -0.457 e. The predicted molar refractivity (Wildman–Crippen MR) is 135 cm³/mol. The van der Waals surface area contributed by atoms with Crippen LogP contribution >= 0.6 is 11.8 Å². The lowest BCUT2D eigenvalue weighted by Crippen LogP contribution is -2.35. The lowest BCUT2D eigenvalue weighted by molar-refractivity contribution is -0.121. The van der Waals surface area contributed by atoms with Gasteiger partial charge in [-0.1, -0.05) is 61.0 Å². The van der Waals surface area contributed by atoms with Crippen molar-refractivity contribution >= 4 is 29.3 Å². The number of thioether (sulfide) groups is 1. The molecule has 172 valence electrons. The van der Waals surface area contributed by atoms with Crippen LogP contribution in [-0.4, -0.2) is 29.8 Å². The number of nitrogens with zero attached hydrogens (tertiary/aromatic N) is 2. The van der Waals surface area contributed by atoms with E-state index in [1.165, 1.54) is 16.7 Å². The summed E-state index contributed by atoms with van der Waals surface area (Å²) in [6, 6.07) is 26.4. The molecule has 5 nitrogen and oxygen atoms in total. The molecule has 2 aliphatic heterocycles. The number of para-hydroxylation sites is 1. The molecule has 0 bridgehead atoms. The van der Waals surface area contributed by atoms with E-state index in [9.17, 15) is 9.59 Å². The number of ether oxygens (including phenoxy) is 1. The Balaban J connectivity index is 1.43. The van der Waals surface area contributed by atoms with Crippen LogP contribution in [0.5, 0.6) is 11.5 Å². The Kier molecular flexibility index (Phi) is 6.67. The van der Waals surface area contributed by atoms with E-state index in [4.69, 9.17) is 4.74 Å². The molecule has 2 aliphatic rings. The highest BCUT2D eigenvalue weighted by atomic mass is 32.2. The van der Waals surface area contributed by atoms with E-state index < -0.39 is 0 Å². The molecule has 0 spiro atoms. The van der Waals surface area contributed by atoms with Crippen LogP contribution in [0.15, 0.2) is 100 Å². The van der Waals surface area contributed by atoms with E-state index in [1.807, 2.05) is 60.7 Å². The van der Waals surface area contributed by atoms with Crippen molar-refractivity contribution in [1.29, 1.82) is 0 Å². The number of imide groups is 1. The number of amides is 2. The Bertz CT molecular complexity index is 1190. The van der Waals surface area contributed by atoms with Crippen molar-refractivity contribution in [3.8, 4) is 11.5 Å². The summed E-state index contributed by atoms with van der Waals surface area (Å²) in [5, 5.41) is 0. The summed E-state index contributed by atoms with van der Waals surface area (Å²) >= 11 is 1.38. The Labute approximate surface area is 204 Å². The zero-order valence-corrected chi connectivity index (χ0v) is 19.7. The summed E-state index contributed by atoms with van der Waals surface area (Å²) in [7, 11) is 0. The first-order valence-corrected chi connectivity index (χ1v) is 12.5. The van der Waals surface area contributed by atoms with Crippen LogP contribution in [-0.2, 0) is 9.59 Å². The van der Waals surface area contributed by atoms with Gasteiger partial charge in [-0.2, -0.15) is 0 Å². The van der Waals surface area contributed by atoms with Gasteiger partial charge in [0, 0.05) is 18.0 Å². The molecule has 3 aromatic rings. The van der Waals surface area contributed by atoms with Gasteiger partial charge in [0.15, 0.2) is 0 Å². The highest BCUT2D eigenvalue weighted by Gasteiger charge is 2.42. The molecule has 0 aliphatic carbocycles. The number of anilines is 1. The molecule has 0 unspecified atom stereocenters. The first-order valence-electron chi connectivity index (χ1n) is 11.6. The summed E-state index contributed by atoms with van der Waals surface area (Å²) in [6.07, 6.45) is 4.36. The minimum absolute atomic E-state index is 0.248. The Hall–Kier alpha value is -3.51. The van der Waals surface area contributed by atoms with Crippen molar-refractivity contribution in [2.75, 3.05) is 18.0 Å². The van der Waals surface area contributed by atoms with Crippen molar-refractivity contribution < 1.29 is 14.3 Å². The van der Waals surface area contributed by atoms with Crippen LogP contribution in [0.2, 0.25) is 0 Å².